The minimum Gasteiger partial charge on any atom is -0.368 e. The first-order valence-corrected chi connectivity index (χ1v) is 8.26. The molecule has 132 valence electrons. The number of carbonyl (C=O) groups excluding carboxylic acids is 3. The summed E-state index contributed by atoms with van der Waals surface area (Å²) in [6.07, 6.45) is 5.67. The molecule has 3 amide bonds. The van der Waals surface area contributed by atoms with Gasteiger partial charge in [-0.05, 0) is 19.8 Å². The summed E-state index contributed by atoms with van der Waals surface area (Å²) in [4.78, 5) is 39.1. The SMILES string of the molecule is CCN(CC(=O)N1CCCCCC1)C(=O)c1cn(CC(N)=O)nn1. The summed E-state index contributed by atoms with van der Waals surface area (Å²) in [6, 6.07) is 0. The Hall–Kier alpha value is -2.45. The number of amides is 3. The van der Waals surface area contributed by atoms with Crippen LogP contribution < -0.4 is 5.73 Å². The van der Waals surface area contributed by atoms with E-state index in [4.69, 9.17) is 5.73 Å². The van der Waals surface area contributed by atoms with Gasteiger partial charge in [-0.15, -0.1) is 5.10 Å². The van der Waals surface area contributed by atoms with E-state index in [2.05, 4.69) is 10.3 Å². The molecule has 1 aromatic rings. The maximum Gasteiger partial charge on any atom is 0.276 e. The van der Waals surface area contributed by atoms with Crippen molar-refractivity contribution in [3.63, 3.8) is 0 Å². The van der Waals surface area contributed by atoms with Crippen LogP contribution in [0.5, 0.6) is 0 Å². The summed E-state index contributed by atoms with van der Waals surface area (Å²) in [6.45, 7) is 3.58. The van der Waals surface area contributed by atoms with Gasteiger partial charge < -0.3 is 15.5 Å². The van der Waals surface area contributed by atoms with Crippen LogP contribution in [0.25, 0.3) is 0 Å². The number of primary amides is 1. The van der Waals surface area contributed by atoms with E-state index < -0.39 is 5.91 Å². The first-order valence-electron chi connectivity index (χ1n) is 8.26. The van der Waals surface area contributed by atoms with E-state index in [9.17, 15) is 14.4 Å². The lowest BCUT2D eigenvalue weighted by Crippen LogP contribution is -2.43. The van der Waals surface area contributed by atoms with Gasteiger partial charge in [-0.2, -0.15) is 0 Å². The summed E-state index contributed by atoms with van der Waals surface area (Å²) >= 11 is 0. The van der Waals surface area contributed by atoms with Gasteiger partial charge in [-0.1, -0.05) is 18.1 Å². The predicted molar refractivity (Wildman–Crippen MR) is 85.8 cm³/mol. The van der Waals surface area contributed by atoms with Crippen LogP contribution in [-0.2, 0) is 16.1 Å². The van der Waals surface area contributed by atoms with Gasteiger partial charge in [0, 0.05) is 19.6 Å². The first kappa shape index (κ1) is 17.9. The normalized spacial score (nSPS) is 15.0. The van der Waals surface area contributed by atoms with Gasteiger partial charge in [0.2, 0.25) is 11.8 Å². The summed E-state index contributed by atoms with van der Waals surface area (Å²) < 4.78 is 1.21. The Bertz CT molecular complexity index is 592. The monoisotopic (exact) mass is 336 g/mol. The van der Waals surface area contributed by atoms with Gasteiger partial charge in [0.05, 0.1) is 6.20 Å². The summed E-state index contributed by atoms with van der Waals surface area (Å²) in [5.74, 6) is -0.990. The summed E-state index contributed by atoms with van der Waals surface area (Å²) in [7, 11) is 0. The molecule has 0 atom stereocenters. The molecule has 0 radical (unpaired) electrons. The third-order valence-electron chi connectivity index (χ3n) is 4.03. The minimum atomic E-state index is -0.567. The maximum absolute atomic E-state index is 12.5. The van der Waals surface area contributed by atoms with Crippen LogP contribution in [0.4, 0.5) is 0 Å². The quantitative estimate of drug-likeness (QED) is 0.761. The zero-order chi connectivity index (χ0) is 17.5. The molecule has 1 aliphatic heterocycles. The Balaban J connectivity index is 1.98. The highest BCUT2D eigenvalue weighted by Crippen LogP contribution is 2.11. The molecule has 0 aromatic carbocycles. The molecule has 24 heavy (non-hydrogen) atoms. The van der Waals surface area contributed by atoms with E-state index in [1.54, 1.807) is 6.92 Å². The number of nitrogens with two attached hydrogens (primary N) is 1. The zero-order valence-electron chi connectivity index (χ0n) is 14.0. The van der Waals surface area contributed by atoms with Gasteiger partial charge >= 0.3 is 0 Å². The second-order valence-electron chi connectivity index (χ2n) is 5.88. The number of hydrogen-bond acceptors (Lipinski definition) is 5. The third kappa shape index (κ3) is 4.77. The molecule has 1 fully saturated rings. The van der Waals surface area contributed by atoms with Crippen LogP contribution >= 0.6 is 0 Å². The van der Waals surface area contributed by atoms with Crippen LogP contribution in [0.3, 0.4) is 0 Å². The molecule has 1 aliphatic rings. The van der Waals surface area contributed by atoms with Gasteiger partial charge in [-0.3, -0.25) is 14.4 Å². The van der Waals surface area contributed by atoms with E-state index in [-0.39, 0.29) is 30.6 Å². The molecule has 1 aromatic heterocycles. The molecular weight excluding hydrogens is 312 g/mol. The molecule has 0 saturated carbocycles. The van der Waals surface area contributed by atoms with Crippen molar-refractivity contribution in [3.05, 3.63) is 11.9 Å². The van der Waals surface area contributed by atoms with Crippen molar-refractivity contribution >= 4 is 17.7 Å². The zero-order valence-corrected chi connectivity index (χ0v) is 14.0. The molecule has 0 spiro atoms. The molecule has 1 saturated heterocycles. The molecule has 0 aliphatic carbocycles. The smallest absolute Gasteiger partial charge is 0.276 e. The predicted octanol–water partition coefficient (Wildman–Crippen LogP) is -0.372. The van der Waals surface area contributed by atoms with Crippen LogP contribution in [-0.4, -0.2) is 68.7 Å². The molecule has 2 N–H and O–H groups in total. The summed E-state index contributed by atoms with van der Waals surface area (Å²) in [5, 5.41) is 7.46. The van der Waals surface area contributed by atoms with E-state index in [0.29, 0.717) is 6.54 Å². The van der Waals surface area contributed by atoms with E-state index in [1.165, 1.54) is 15.8 Å². The Morgan fingerprint density at radius 1 is 1.21 bits per heavy atom. The molecular formula is C15H24N6O3. The lowest BCUT2D eigenvalue weighted by molar-refractivity contribution is -0.131. The molecule has 0 bridgehead atoms. The number of likely N-dealkylation sites (tertiary alicyclic amines) is 1. The average molecular weight is 336 g/mol. The lowest BCUT2D eigenvalue weighted by atomic mass is 10.2. The van der Waals surface area contributed by atoms with Gasteiger partial charge in [0.25, 0.3) is 5.91 Å². The number of hydrogen-bond donors (Lipinski definition) is 1. The van der Waals surface area contributed by atoms with Crippen molar-refractivity contribution in [2.45, 2.75) is 39.2 Å². The van der Waals surface area contributed by atoms with E-state index in [0.717, 1.165) is 38.8 Å². The molecule has 9 nitrogen and oxygen atoms in total. The topological polar surface area (TPSA) is 114 Å². The van der Waals surface area contributed by atoms with E-state index >= 15 is 0 Å². The van der Waals surface area contributed by atoms with Crippen LogP contribution in [0.2, 0.25) is 0 Å². The molecule has 9 heteroatoms. The minimum absolute atomic E-state index is 0.0258. The van der Waals surface area contributed by atoms with Gasteiger partial charge in [-0.25, -0.2) is 4.68 Å². The van der Waals surface area contributed by atoms with Gasteiger partial charge in [0.1, 0.15) is 13.1 Å². The number of aromatic nitrogens is 3. The number of rotatable bonds is 6. The molecule has 0 unspecified atom stereocenters. The average Bonchev–Trinajstić information content (AvgIpc) is 2.83. The molecule has 2 heterocycles. The van der Waals surface area contributed by atoms with Crippen LogP contribution in [0, 0.1) is 0 Å². The number of nitrogens with zero attached hydrogens (tertiary/aromatic N) is 5. The van der Waals surface area contributed by atoms with Crippen molar-refractivity contribution in [1.82, 2.24) is 24.8 Å². The van der Waals surface area contributed by atoms with Crippen LogP contribution in [0.1, 0.15) is 43.1 Å². The van der Waals surface area contributed by atoms with E-state index in [1.807, 2.05) is 4.90 Å². The second kappa shape index (κ2) is 8.42. The first-order chi connectivity index (χ1) is 11.5. The lowest BCUT2D eigenvalue weighted by Gasteiger charge is -2.25. The third-order valence-corrected chi connectivity index (χ3v) is 4.03. The Kier molecular flexibility index (Phi) is 6.28. The Labute approximate surface area is 140 Å². The standard InChI is InChI=1S/C15H24N6O3/c1-2-19(11-14(23)20-7-5-3-4-6-8-20)15(24)12-9-21(18-17-12)10-13(16)22/h9H,2-8,10-11H2,1H3,(H2,16,22). The second-order valence-corrected chi connectivity index (χ2v) is 5.88. The fourth-order valence-electron chi connectivity index (χ4n) is 2.71. The van der Waals surface area contributed by atoms with Crippen molar-refractivity contribution in [3.8, 4) is 0 Å². The van der Waals surface area contributed by atoms with Crippen molar-refractivity contribution in [1.29, 1.82) is 0 Å². The van der Waals surface area contributed by atoms with Crippen molar-refractivity contribution in [2.75, 3.05) is 26.2 Å². The van der Waals surface area contributed by atoms with Crippen LogP contribution in [0.15, 0.2) is 6.20 Å². The molecule has 2 rings (SSSR count). The van der Waals surface area contributed by atoms with Crippen molar-refractivity contribution in [2.24, 2.45) is 5.73 Å². The van der Waals surface area contributed by atoms with Gasteiger partial charge in [0.15, 0.2) is 5.69 Å². The highest BCUT2D eigenvalue weighted by molar-refractivity contribution is 5.94. The van der Waals surface area contributed by atoms with Crippen molar-refractivity contribution < 1.29 is 14.4 Å². The Morgan fingerprint density at radius 3 is 2.46 bits per heavy atom. The number of carbonyl (C=O) groups is 3. The fraction of sp³-hybridized carbons (Fsp3) is 0.667. The number of likely N-dealkylation sites (N-methyl/N-ethyl adjacent to an activating group) is 1. The highest BCUT2D eigenvalue weighted by Gasteiger charge is 2.23. The maximum atomic E-state index is 12.5. The Morgan fingerprint density at radius 2 is 1.88 bits per heavy atom. The summed E-state index contributed by atoms with van der Waals surface area (Å²) in [5.41, 5.74) is 5.18. The largest absolute Gasteiger partial charge is 0.368 e. The highest BCUT2D eigenvalue weighted by atomic mass is 16.2. The fourth-order valence-corrected chi connectivity index (χ4v) is 2.71.